The fourth-order valence-electron chi connectivity index (χ4n) is 1.02. The van der Waals surface area contributed by atoms with Gasteiger partial charge in [-0.2, -0.15) is 5.06 Å². The molecule has 0 aromatic heterocycles. The predicted molar refractivity (Wildman–Crippen MR) is 73.5 cm³/mol. The molecule has 116 valence electrons. The quantitative estimate of drug-likeness (QED) is 0.418. The molecule has 0 rings (SSSR count). The number of amides is 2. The molecule has 2 amide bonds. The van der Waals surface area contributed by atoms with E-state index < -0.39 is 12.0 Å². The highest BCUT2D eigenvalue weighted by atomic mass is 16.7. The Morgan fingerprint density at radius 1 is 1.20 bits per heavy atom. The Bertz CT molecular complexity index is 342. The molecular weight excluding hydrogens is 264 g/mol. The second kappa shape index (κ2) is 9.33. The Morgan fingerprint density at radius 2 is 1.80 bits per heavy atom. The molecule has 0 atom stereocenters. The van der Waals surface area contributed by atoms with Crippen molar-refractivity contribution in [3.05, 3.63) is 12.2 Å². The zero-order valence-corrected chi connectivity index (χ0v) is 12.8. The second-order valence-electron chi connectivity index (χ2n) is 4.75. The lowest BCUT2D eigenvalue weighted by Crippen LogP contribution is -2.44. The molecule has 7 heteroatoms. The monoisotopic (exact) mass is 288 g/mol. The summed E-state index contributed by atoms with van der Waals surface area (Å²) in [6.45, 7) is 12.2. The van der Waals surface area contributed by atoms with Crippen LogP contribution in [0.5, 0.6) is 0 Å². The zero-order valence-electron chi connectivity index (χ0n) is 12.8. The van der Waals surface area contributed by atoms with E-state index in [1.54, 1.807) is 34.6 Å². The fourth-order valence-corrected chi connectivity index (χ4v) is 1.02. The van der Waals surface area contributed by atoms with Gasteiger partial charge in [-0.3, -0.25) is 9.68 Å². The number of hydrogen-bond acceptors (Lipinski definition) is 5. The van der Waals surface area contributed by atoms with Gasteiger partial charge in [-0.05, 0) is 34.6 Å². The lowest BCUT2D eigenvalue weighted by molar-refractivity contribution is -0.167. The van der Waals surface area contributed by atoms with Crippen LogP contribution in [-0.2, 0) is 19.2 Å². The first-order valence-corrected chi connectivity index (χ1v) is 6.46. The SMILES string of the molecule is C=C(C)C(=O)OCCN(OC(C)C)C(=O)NOC(C)C. The molecule has 0 fully saturated rings. The van der Waals surface area contributed by atoms with Gasteiger partial charge >= 0.3 is 12.0 Å². The number of rotatable bonds is 8. The summed E-state index contributed by atoms with van der Waals surface area (Å²) in [7, 11) is 0. The Hall–Kier alpha value is -1.60. The highest BCUT2D eigenvalue weighted by Gasteiger charge is 2.17. The number of nitrogens with one attached hydrogen (secondary N) is 1. The number of urea groups is 1. The normalized spacial score (nSPS) is 10.6. The molecular formula is C13H24N2O5. The summed E-state index contributed by atoms with van der Waals surface area (Å²) in [4.78, 5) is 33.3. The number of carbonyl (C=O) groups excluding carboxylic acids is 2. The summed E-state index contributed by atoms with van der Waals surface area (Å²) in [5.41, 5.74) is 2.55. The van der Waals surface area contributed by atoms with Crippen LogP contribution in [-0.4, -0.2) is 42.4 Å². The second-order valence-corrected chi connectivity index (χ2v) is 4.75. The van der Waals surface area contributed by atoms with Crippen molar-refractivity contribution in [1.82, 2.24) is 10.5 Å². The maximum Gasteiger partial charge on any atom is 0.365 e. The van der Waals surface area contributed by atoms with Crippen molar-refractivity contribution >= 4 is 12.0 Å². The van der Waals surface area contributed by atoms with Crippen molar-refractivity contribution in [3.63, 3.8) is 0 Å². The van der Waals surface area contributed by atoms with Crippen molar-refractivity contribution in [2.45, 2.75) is 46.8 Å². The molecule has 0 saturated heterocycles. The minimum absolute atomic E-state index is 0.00745. The molecule has 1 N–H and O–H groups in total. The maximum atomic E-state index is 11.8. The van der Waals surface area contributed by atoms with Crippen molar-refractivity contribution < 1.29 is 24.0 Å². The molecule has 0 bridgehead atoms. The summed E-state index contributed by atoms with van der Waals surface area (Å²) < 4.78 is 4.91. The van der Waals surface area contributed by atoms with Gasteiger partial charge in [0.15, 0.2) is 0 Å². The Kier molecular flexibility index (Phi) is 8.58. The van der Waals surface area contributed by atoms with Crippen LogP contribution in [0.3, 0.4) is 0 Å². The molecule has 0 aliphatic heterocycles. The van der Waals surface area contributed by atoms with Gasteiger partial charge in [0.25, 0.3) is 0 Å². The third-order valence-electron chi connectivity index (χ3n) is 1.82. The molecule has 0 aliphatic carbocycles. The van der Waals surface area contributed by atoms with Crippen LogP contribution in [0.2, 0.25) is 0 Å². The molecule has 0 heterocycles. The van der Waals surface area contributed by atoms with Gasteiger partial charge in [-0.1, -0.05) is 6.58 Å². The van der Waals surface area contributed by atoms with E-state index in [0.29, 0.717) is 5.57 Å². The molecule has 7 nitrogen and oxygen atoms in total. The van der Waals surface area contributed by atoms with Crippen LogP contribution in [0.4, 0.5) is 4.79 Å². The molecule has 0 aliphatic rings. The first kappa shape index (κ1) is 18.4. The minimum Gasteiger partial charge on any atom is -0.460 e. The summed E-state index contributed by atoms with van der Waals surface area (Å²) >= 11 is 0. The topological polar surface area (TPSA) is 77.1 Å². The Morgan fingerprint density at radius 3 is 2.25 bits per heavy atom. The summed E-state index contributed by atoms with van der Waals surface area (Å²) in [6, 6.07) is -0.557. The smallest absolute Gasteiger partial charge is 0.365 e. The third kappa shape index (κ3) is 8.49. The molecule has 0 aromatic rings. The first-order valence-electron chi connectivity index (χ1n) is 6.46. The van der Waals surface area contributed by atoms with Crippen LogP contribution < -0.4 is 5.48 Å². The number of nitrogens with zero attached hydrogens (tertiary/aromatic N) is 1. The summed E-state index contributed by atoms with van der Waals surface area (Å²) in [6.07, 6.45) is -0.349. The first-order chi connectivity index (χ1) is 9.23. The van der Waals surface area contributed by atoms with E-state index >= 15 is 0 Å². The van der Waals surface area contributed by atoms with E-state index in [0.717, 1.165) is 5.06 Å². The van der Waals surface area contributed by atoms with Gasteiger partial charge in [0.2, 0.25) is 0 Å². The minimum atomic E-state index is -0.557. The number of hydrogen-bond donors (Lipinski definition) is 1. The van der Waals surface area contributed by atoms with E-state index in [9.17, 15) is 9.59 Å². The molecule has 0 unspecified atom stereocenters. The third-order valence-corrected chi connectivity index (χ3v) is 1.82. The molecule has 0 spiro atoms. The van der Waals surface area contributed by atoms with E-state index in [4.69, 9.17) is 14.4 Å². The van der Waals surface area contributed by atoms with E-state index in [2.05, 4.69) is 12.1 Å². The number of esters is 1. The standard InChI is InChI=1S/C13H24N2O5/c1-9(2)12(16)18-8-7-15(20-11(5)6)13(17)14-19-10(3)4/h10-11H,1,7-8H2,2-6H3,(H,14,17). The average Bonchev–Trinajstić information content (AvgIpc) is 2.33. The van der Waals surface area contributed by atoms with Crippen LogP contribution >= 0.6 is 0 Å². The maximum absolute atomic E-state index is 11.8. The highest BCUT2D eigenvalue weighted by molar-refractivity contribution is 5.86. The molecule has 0 saturated carbocycles. The van der Waals surface area contributed by atoms with Crippen molar-refractivity contribution in [3.8, 4) is 0 Å². The van der Waals surface area contributed by atoms with E-state index in [1.807, 2.05) is 0 Å². The average molecular weight is 288 g/mol. The predicted octanol–water partition coefficient (Wildman–Crippen LogP) is 1.80. The molecule has 20 heavy (non-hydrogen) atoms. The number of carbonyl (C=O) groups is 2. The Labute approximate surface area is 119 Å². The van der Waals surface area contributed by atoms with Gasteiger partial charge in [-0.15, -0.1) is 0 Å². The molecule has 0 aromatic carbocycles. The zero-order chi connectivity index (χ0) is 15.7. The van der Waals surface area contributed by atoms with Gasteiger partial charge < -0.3 is 4.74 Å². The van der Waals surface area contributed by atoms with E-state index in [1.165, 1.54) is 0 Å². The van der Waals surface area contributed by atoms with Crippen LogP contribution in [0.1, 0.15) is 34.6 Å². The number of ether oxygens (including phenoxy) is 1. The fraction of sp³-hybridized carbons (Fsp3) is 0.692. The summed E-state index contributed by atoms with van der Waals surface area (Å²) in [5, 5.41) is 1.05. The lowest BCUT2D eigenvalue weighted by Gasteiger charge is -2.24. The van der Waals surface area contributed by atoms with Crippen LogP contribution in [0.15, 0.2) is 12.2 Å². The highest BCUT2D eigenvalue weighted by Crippen LogP contribution is 2.00. The Balaban J connectivity index is 4.30. The largest absolute Gasteiger partial charge is 0.460 e. The van der Waals surface area contributed by atoms with Gasteiger partial charge in [0.05, 0.1) is 18.8 Å². The van der Waals surface area contributed by atoms with Gasteiger partial charge in [-0.25, -0.2) is 15.1 Å². The van der Waals surface area contributed by atoms with Gasteiger partial charge in [0, 0.05) is 5.57 Å². The summed E-state index contributed by atoms with van der Waals surface area (Å²) in [5.74, 6) is -0.506. The van der Waals surface area contributed by atoms with Crippen molar-refractivity contribution in [2.75, 3.05) is 13.2 Å². The van der Waals surface area contributed by atoms with Crippen molar-refractivity contribution in [2.24, 2.45) is 0 Å². The lowest BCUT2D eigenvalue weighted by atomic mass is 10.4. The van der Waals surface area contributed by atoms with Gasteiger partial charge in [0.1, 0.15) is 6.61 Å². The van der Waals surface area contributed by atoms with Crippen LogP contribution in [0, 0.1) is 0 Å². The molecule has 0 radical (unpaired) electrons. The number of hydroxylamine groups is 3. The van der Waals surface area contributed by atoms with E-state index in [-0.39, 0.29) is 25.4 Å². The van der Waals surface area contributed by atoms with Crippen molar-refractivity contribution in [1.29, 1.82) is 0 Å². The van der Waals surface area contributed by atoms with Crippen LogP contribution in [0.25, 0.3) is 0 Å².